The van der Waals surface area contributed by atoms with E-state index in [0.29, 0.717) is 25.7 Å². The van der Waals surface area contributed by atoms with E-state index in [9.17, 15) is 43.2 Å². The molecule has 0 aromatic rings. The lowest BCUT2D eigenvalue weighted by atomic mass is 10.0. The third-order valence-corrected chi connectivity index (χ3v) is 22.1. The van der Waals surface area contributed by atoms with Gasteiger partial charge in [0.25, 0.3) is 0 Å². The first kappa shape index (κ1) is 103. The molecule has 624 valence electrons. The fourth-order valence-electron chi connectivity index (χ4n) is 13.4. The third kappa shape index (κ3) is 79.9. The minimum atomic E-state index is -4.97. The number of esters is 4. The maximum Gasteiger partial charge on any atom is 0.472 e. The first-order chi connectivity index (χ1) is 50.9. The molecule has 3 N–H and O–H groups in total. The Balaban J connectivity index is 5.24. The van der Waals surface area contributed by atoms with Crippen molar-refractivity contribution in [3.63, 3.8) is 0 Å². The molecule has 0 aromatic carbocycles. The van der Waals surface area contributed by atoms with Crippen LogP contribution in [0.2, 0.25) is 0 Å². The Morgan fingerprint density at radius 2 is 0.438 bits per heavy atom. The predicted molar refractivity (Wildman–Crippen MR) is 432 cm³/mol. The Bertz CT molecular complexity index is 2010. The molecule has 19 heteroatoms. The number of aliphatic hydroxyl groups excluding tert-OH is 1. The van der Waals surface area contributed by atoms with Crippen molar-refractivity contribution in [2.45, 2.75) is 477 Å². The lowest BCUT2D eigenvalue weighted by molar-refractivity contribution is -0.161. The van der Waals surface area contributed by atoms with Crippen LogP contribution >= 0.6 is 15.6 Å². The summed E-state index contributed by atoms with van der Waals surface area (Å²) in [6.07, 6.45) is 69.5. The summed E-state index contributed by atoms with van der Waals surface area (Å²) in [5.74, 6) is -0.590. The van der Waals surface area contributed by atoms with E-state index in [1.165, 1.54) is 276 Å². The Labute approximate surface area is 645 Å². The zero-order valence-electron chi connectivity index (χ0n) is 69.0. The number of phosphoric ester groups is 2. The SMILES string of the molecule is CCCCCCCCCCCCCCCCCCCCCCCC(=O)O[C@H](COC(=O)CCCCCCCCCCCCCCCCCCC)COP(=O)(O)OC[C@@H](O)COP(=O)(O)OC[C@@H](COC(=O)CCCCCCCCCCC(C)C)OC(=O)CCCCCCCCCCCCCCCC(C)C. The predicted octanol–water partition coefficient (Wildman–Crippen LogP) is 26.2. The summed E-state index contributed by atoms with van der Waals surface area (Å²) >= 11 is 0. The van der Waals surface area contributed by atoms with Gasteiger partial charge < -0.3 is 33.8 Å². The highest BCUT2D eigenvalue weighted by atomic mass is 31.2. The number of carbonyl (C=O) groups excluding carboxylic acids is 4. The molecule has 0 aliphatic heterocycles. The number of carbonyl (C=O) groups is 4. The summed E-state index contributed by atoms with van der Waals surface area (Å²) in [4.78, 5) is 73.2. The molecule has 0 heterocycles. The molecule has 0 saturated heterocycles. The quantitative estimate of drug-likeness (QED) is 0.0222. The molecule has 0 aliphatic rings. The van der Waals surface area contributed by atoms with Crippen molar-refractivity contribution in [1.29, 1.82) is 0 Å². The van der Waals surface area contributed by atoms with Crippen LogP contribution in [-0.4, -0.2) is 96.7 Å². The van der Waals surface area contributed by atoms with E-state index in [1.54, 1.807) is 0 Å². The largest absolute Gasteiger partial charge is 0.472 e. The molecule has 0 bridgehead atoms. The second-order valence-electron chi connectivity index (χ2n) is 31.9. The van der Waals surface area contributed by atoms with E-state index in [1.807, 2.05) is 0 Å². The van der Waals surface area contributed by atoms with Gasteiger partial charge in [-0.05, 0) is 37.5 Å². The van der Waals surface area contributed by atoms with Crippen molar-refractivity contribution in [3.8, 4) is 0 Å². The molecule has 0 spiro atoms. The van der Waals surface area contributed by atoms with E-state index in [-0.39, 0.29) is 25.7 Å². The van der Waals surface area contributed by atoms with Crippen LogP contribution in [0.4, 0.5) is 0 Å². The van der Waals surface area contributed by atoms with Crippen LogP contribution in [0.5, 0.6) is 0 Å². The van der Waals surface area contributed by atoms with Crippen LogP contribution in [-0.2, 0) is 65.4 Å². The normalized spacial score (nSPS) is 13.8. The summed E-state index contributed by atoms with van der Waals surface area (Å²) < 4.78 is 68.9. The fraction of sp³-hybridized carbons (Fsp3) is 0.953. The average Bonchev–Trinajstić information content (AvgIpc) is 0.938. The summed E-state index contributed by atoms with van der Waals surface area (Å²) in [7, 11) is -9.93. The fourth-order valence-corrected chi connectivity index (χ4v) is 15.0. The maximum atomic E-state index is 13.1. The van der Waals surface area contributed by atoms with Gasteiger partial charge in [-0.15, -0.1) is 0 Å². The van der Waals surface area contributed by atoms with Crippen LogP contribution in [0.15, 0.2) is 0 Å². The molecule has 17 nitrogen and oxygen atoms in total. The monoisotopic (exact) mass is 1540 g/mol. The molecule has 0 aliphatic carbocycles. The van der Waals surface area contributed by atoms with E-state index >= 15 is 0 Å². The number of unbranched alkanes of at least 4 members (excludes halogenated alkanes) is 55. The van der Waals surface area contributed by atoms with Crippen LogP contribution in [0.1, 0.15) is 459 Å². The number of ether oxygens (including phenoxy) is 4. The molecule has 0 aromatic heterocycles. The van der Waals surface area contributed by atoms with Crippen molar-refractivity contribution < 1.29 is 80.2 Å². The highest BCUT2D eigenvalue weighted by Crippen LogP contribution is 2.45. The minimum absolute atomic E-state index is 0.107. The highest BCUT2D eigenvalue weighted by molar-refractivity contribution is 7.47. The van der Waals surface area contributed by atoms with Crippen LogP contribution < -0.4 is 0 Å². The van der Waals surface area contributed by atoms with Gasteiger partial charge in [-0.1, -0.05) is 408 Å². The molecule has 0 saturated carbocycles. The number of hydrogen-bond acceptors (Lipinski definition) is 15. The van der Waals surface area contributed by atoms with Crippen LogP contribution in [0, 0.1) is 11.8 Å². The second kappa shape index (κ2) is 77.4. The second-order valence-corrected chi connectivity index (χ2v) is 34.8. The van der Waals surface area contributed by atoms with Crippen molar-refractivity contribution in [3.05, 3.63) is 0 Å². The van der Waals surface area contributed by atoms with Gasteiger partial charge in [0.15, 0.2) is 12.2 Å². The zero-order valence-corrected chi connectivity index (χ0v) is 70.8. The van der Waals surface area contributed by atoms with E-state index in [0.717, 1.165) is 102 Å². The molecule has 5 atom stereocenters. The van der Waals surface area contributed by atoms with Gasteiger partial charge in [0.2, 0.25) is 0 Å². The first-order valence-corrected chi connectivity index (χ1v) is 47.5. The molecule has 0 rings (SSSR count). The highest BCUT2D eigenvalue weighted by Gasteiger charge is 2.30. The van der Waals surface area contributed by atoms with Crippen molar-refractivity contribution in [2.75, 3.05) is 39.6 Å². The minimum Gasteiger partial charge on any atom is -0.462 e. The van der Waals surface area contributed by atoms with Gasteiger partial charge in [0.1, 0.15) is 19.3 Å². The van der Waals surface area contributed by atoms with Gasteiger partial charge in [-0.25, -0.2) is 9.13 Å². The Hall–Kier alpha value is -1.94. The van der Waals surface area contributed by atoms with Gasteiger partial charge in [0, 0.05) is 25.7 Å². The standard InChI is InChI=1S/C86H168O17P2/c1-7-9-11-13-15-17-19-21-23-25-26-27-28-30-32-36-40-44-52-58-64-70-85(90)102-81(74-96-83(88)68-62-56-50-43-39-35-31-29-24-22-20-18-16-14-12-10-8-2)76-100-104(92,93)98-72-80(87)73-99-105(94,95)101-77-82(75-97-84(89)69-63-57-51-47-46-49-55-61-67-79(5)6)103-86(91)71-65-59-53-45-41-37-33-34-38-42-48-54-60-66-78(3)4/h78-82,87H,7-77H2,1-6H3,(H,92,93)(H,94,95)/t80-,81-,82-/m1/s1. The van der Waals surface area contributed by atoms with E-state index < -0.39 is 97.5 Å². The van der Waals surface area contributed by atoms with Crippen LogP contribution in [0.25, 0.3) is 0 Å². The third-order valence-electron chi connectivity index (χ3n) is 20.2. The van der Waals surface area contributed by atoms with Gasteiger partial charge in [0.05, 0.1) is 26.4 Å². The lowest BCUT2D eigenvalue weighted by Gasteiger charge is -2.21. The van der Waals surface area contributed by atoms with Crippen molar-refractivity contribution >= 4 is 39.5 Å². The Morgan fingerprint density at radius 3 is 0.648 bits per heavy atom. The number of rotatable bonds is 85. The van der Waals surface area contributed by atoms with Crippen molar-refractivity contribution in [2.24, 2.45) is 11.8 Å². The topological polar surface area (TPSA) is 237 Å². The van der Waals surface area contributed by atoms with Gasteiger partial charge in [-0.3, -0.25) is 37.3 Å². The van der Waals surface area contributed by atoms with Crippen LogP contribution in [0.3, 0.4) is 0 Å². The molecule has 0 amide bonds. The van der Waals surface area contributed by atoms with Crippen molar-refractivity contribution in [1.82, 2.24) is 0 Å². The summed E-state index contributed by atoms with van der Waals surface area (Å²) in [5, 5.41) is 10.7. The van der Waals surface area contributed by atoms with Gasteiger partial charge >= 0.3 is 39.5 Å². The number of aliphatic hydroxyl groups is 1. The maximum absolute atomic E-state index is 13.1. The first-order valence-electron chi connectivity index (χ1n) is 44.5. The summed E-state index contributed by atoms with van der Waals surface area (Å²) in [5.41, 5.74) is 0. The number of hydrogen-bond donors (Lipinski definition) is 3. The Kier molecular flexibility index (Phi) is 76.0. The summed E-state index contributed by atoms with van der Waals surface area (Å²) in [6.45, 7) is 9.65. The van der Waals surface area contributed by atoms with Gasteiger partial charge in [-0.2, -0.15) is 0 Å². The average molecular weight is 1540 g/mol. The Morgan fingerprint density at radius 1 is 0.257 bits per heavy atom. The summed E-state index contributed by atoms with van der Waals surface area (Å²) in [6, 6.07) is 0. The molecule has 2 unspecified atom stereocenters. The van der Waals surface area contributed by atoms with E-state index in [4.69, 9.17) is 37.0 Å². The van der Waals surface area contributed by atoms with E-state index in [2.05, 4.69) is 41.5 Å². The lowest BCUT2D eigenvalue weighted by Crippen LogP contribution is -2.30. The smallest absolute Gasteiger partial charge is 0.462 e. The molecular weight excluding hydrogens is 1370 g/mol. The molecule has 105 heavy (non-hydrogen) atoms. The molecule has 0 radical (unpaired) electrons. The molecular formula is C86H168O17P2. The molecule has 0 fully saturated rings. The zero-order chi connectivity index (χ0) is 77.1. The number of phosphoric acid groups is 2.